The van der Waals surface area contributed by atoms with Gasteiger partial charge in [0, 0.05) is 7.11 Å². The van der Waals surface area contributed by atoms with Crippen molar-refractivity contribution in [3.8, 4) is 11.8 Å². The van der Waals surface area contributed by atoms with E-state index in [0.29, 0.717) is 5.69 Å². The minimum absolute atomic E-state index is 0.0633. The van der Waals surface area contributed by atoms with Gasteiger partial charge in [0.1, 0.15) is 17.0 Å². The molecule has 30 heavy (non-hydrogen) atoms. The fourth-order valence-corrected chi connectivity index (χ4v) is 3.14. The summed E-state index contributed by atoms with van der Waals surface area (Å²) in [6.45, 7) is 1.63. The SMILES string of the molecule is COC(C)OC1C=CC(N=Nc2c(C#N)[nH]n(-c3ccccc3)c2=O)=CC1=S(=O)=O. The number of methoxy groups -OCH3 is 1. The van der Waals surface area contributed by atoms with E-state index in [0.717, 1.165) is 0 Å². The van der Waals surface area contributed by atoms with Crippen LogP contribution < -0.4 is 5.56 Å². The standard InChI is InChI=1S/C19H17N5O5S/c1-12(28-2)29-16-9-8-13(10-17(16)30(26)27)21-22-18-15(11-20)23-24(19(18)25)14-6-4-3-5-7-14/h3-10,12,16,23H,1-2H3. The normalized spacial score (nSPS) is 17.0. The zero-order valence-corrected chi connectivity index (χ0v) is 16.8. The average Bonchev–Trinajstić information content (AvgIpc) is 3.08. The van der Waals surface area contributed by atoms with Gasteiger partial charge in [-0.2, -0.15) is 18.8 Å². The number of rotatable bonds is 6. The Kier molecular flexibility index (Phi) is 6.53. The van der Waals surface area contributed by atoms with Crippen LogP contribution in [0.2, 0.25) is 0 Å². The van der Waals surface area contributed by atoms with Gasteiger partial charge in [-0.3, -0.25) is 9.89 Å². The lowest BCUT2D eigenvalue weighted by molar-refractivity contribution is -0.115. The van der Waals surface area contributed by atoms with Crippen molar-refractivity contribution in [3.05, 3.63) is 70.3 Å². The van der Waals surface area contributed by atoms with Gasteiger partial charge < -0.3 is 9.47 Å². The second-order valence-corrected chi connectivity index (χ2v) is 6.99. The van der Waals surface area contributed by atoms with Crippen molar-refractivity contribution in [2.75, 3.05) is 7.11 Å². The van der Waals surface area contributed by atoms with Crippen LogP contribution in [0.1, 0.15) is 12.6 Å². The van der Waals surface area contributed by atoms with Crippen LogP contribution in [-0.2, 0) is 19.8 Å². The van der Waals surface area contributed by atoms with Gasteiger partial charge in [0.2, 0.25) is 10.3 Å². The van der Waals surface area contributed by atoms with Crippen LogP contribution in [0.3, 0.4) is 0 Å². The molecular formula is C19H17N5O5S. The number of azo groups is 1. The maximum absolute atomic E-state index is 12.7. The Labute approximate surface area is 172 Å². The molecule has 2 unspecified atom stereocenters. The first kappa shape index (κ1) is 21.1. The summed E-state index contributed by atoms with van der Waals surface area (Å²) in [5, 5.41) is 19.8. The Morgan fingerprint density at radius 2 is 2.00 bits per heavy atom. The fourth-order valence-electron chi connectivity index (χ4n) is 2.60. The molecule has 0 fully saturated rings. The number of nitrogens with one attached hydrogen (secondary N) is 1. The molecule has 1 aliphatic carbocycles. The van der Waals surface area contributed by atoms with Crippen LogP contribution in [0.25, 0.3) is 5.69 Å². The molecule has 154 valence electrons. The van der Waals surface area contributed by atoms with Gasteiger partial charge in [0.25, 0.3) is 5.56 Å². The summed E-state index contributed by atoms with van der Waals surface area (Å²) < 4.78 is 34.8. The first-order chi connectivity index (χ1) is 14.4. The monoisotopic (exact) mass is 427 g/mol. The molecule has 1 aliphatic rings. The molecule has 0 saturated heterocycles. The molecule has 2 aromatic rings. The number of benzene rings is 1. The lowest BCUT2D eigenvalue weighted by atomic mass is 10.1. The molecular weight excluding hydrogens is 410 g/mol. The highest BCUT2D eigenvalue weighted by molar-refractivity contribution is 7.73. The first-order valence-electron chi connectivity index (χ1n) is 8.71. The van der Waals surface area contributed by atoms with Crippen LogP contribution in [0, 0.1) is 11.3 Å². The Morgan fingerprint density at radius 3 is 2.63 bits per heavy atom. The fraction of sp³-hybridized carbons (Fsp3) is 0.211. The summed E-state index contributed by atoms with van der Waals surface area (Å²) in [5.74, 6) is 0. The Bertz CT molecular complexity index is 1250. The van der Waals surface area contributed by atoms with E-state index in [9.17, 15) is 18.5 Å². The first-order valence-corrected chi connectivity index (χ1v) is 9.78. The van der Waals surface area contributed by atoms with Gasteiger partial charge in [-0.25, -0.2) is 4.68 Å². The number of ether oxygens (including phenoxy) is 2. The van der Waals surface area contributed by atoms with Crippen molar-refractivity contribution in [1.82, 2.24) is 9.78 Å². The molecule has 10 nitrogen and oxygen atoms in total. The van der Waals surface area contributed by atoms with E-state index in [2.05, 4.69) is 15.3 Å². The maximum atomic E-state index is 12.7. The molecule has 0 aliphatic heterocycles. The van der Waals surface area contributed by atoms with E-state index in [1.807, 2.05) is 6.07 Å². The Morgan fingerprint density at radius 1 is 1.27 bits per heavy atom. The van der Waals surface area contributed by atoms with Crippen LogP contribution >= 0.6 is 0 Å². The van der Waals surface area contributed by atoms with Gasteiger partial charge in [-0.05, 0) is 37.3 Å². The Hall–Kier alpha value is -3.59. The number of aromatic amines is 1. The summed E-state index contributed by atoms with van der Waals surface area (Å²) in [5.41, 5.74) is -0.114. The summed E-state index contributed by atoms with van der Waals surface area (Å²) in [4.78, 5) is 12.6. The van der Waals surface area contributed by atoms with Gasteiger partial charge >= 0.3 is 0 Å². The molecule has 11 heteroatoms. The average molecular weight is 427 g/mol. The predicted molar refractivity (Wildman–Crippen MR) is 108 cm³/mol. The Balaban J connectivity index is 1.93. The largest absolute Gasteiger partial charge is 0.356 e. The lowest BCUT2D eigenvalue weighted by Crippen LogP contribution is -2.28. The van der Waals surface area contributed by atoms with Gasteiger partial charge in [0.05, 0.1) is 11.4 Å². The van der Waals surface area contributed by atoms with Crippen molar-refractivity contribution < 1.29 is 17.9 Å². The number of para-hydroxylation sites is 1. The van der Waals surface area contributed by atoms with Gasteiger partial charge in [0.15, 0.2) is 17.7 Å². The smallest absolute Gasteiger partial charge is 0.300 e. The van der Waals surface area contributed by atoms with E-state index < -0.39 is 28.2 Å². The molecule has 1 N–H and O–H groups in total. The molecule has 0 radical (unpaired) electrons. The highest BCUT2D eigenvalue weighted by Gasteiger charge is 2.21. The predicted octanol–water partition coefficient (Wildman–Crippen LogP) is 2.00. The third kappa shape index (κ3) is 4.52. The maximum Gasteiger partial charge on any atom is 0.300 e. The number of allylic oxidation sites excluding steroid dienone is 1. The molecule has 3 rings (SSSR count). The second kappa shape index (κ2) is 9.27. The molecule has 0 bridgehead atoms. The molecule has 0 saturated carbocycles. The van der Waals surface area contributed by atoms with E-state index in [1.54, 1.807) is 37.3 Å². The second-order valence-electron chi connectivity index (χ2n) is 6.05. The third-order valence-electron chi connectivity index (χ3n) is 4.13. The summed E-state index contributed by atoms with van der Waals surface area (Å²) >= 11 is 0. The molecule has 1 aromatic heterocycles. The summed E-state index contributed by atoms with van der Waals surface area (Å²) in [6.07, 6.45) is 2.80. The van der Waals surface area contributed by atoms with Crippen molar-refractivity contribution in [2.24, 2.45) is 10.2 Å². The topological polar surface area (TPSA) is 139 Å². The number of aromatic nitrogens is 2. The van der Waals surface area contributed by atoms with Crippen LogP contribution in [0.15, 0.2) is 69.3 Å². The molecule has 1 heterocycles. The number of nitriles is 1. The van der Waals surface area contributed by atoms with Crippen molar-refractivity contribution in [3.63, 3.8) is 0 Å². The number of nitrogens with zero attached hydrogens (tertiary/aromatic N) is 4. The minimum atomic E-state index is -2.57. The number of H-pyrrole nitrogens is 1. The molecule has 2 atom stereocenters. The highest BCUT2D eigenvalue weighted by Crippen LogP contribution is 2.19. The lowest BCUT2D eigenvalue weighted by Gasteiger charge is -2.19. The molecule has 1 aromatic carbocycles. The zero-order chi connectivity index (χ0) is 21.7. The van der Waals surface area contributed by atoms with E-state index in [4.69, 9.17) is 9.47 Å². The van der Waals surface area contributed by atoms with E-state index >= 15 is 0 Å². The van der Waals surface area contributed by atoms with Crippen LogP contribution in [0.4, 0.5) is 5.69 Å². The molecule has 0 amide bonds. The van der Waals surface area contributed by atoms with Crippen LogP contribution in [0.5, 0.6) is 0 Å². The zero-order valence-electron chi connectivity index (χ0n) is 16.0. The van der Waals surface area contributed by atoms with Crippen molar-refractivity contribution >= 4 is 20.8 Å². The van der Waals surface area contributed by atoms with Crippen molar-refractivity contribution in [1.29, 1.82) is 5.26 Å². The van der Waals surface area contributed by atoms with E-state index in [1.165, 1.54) is 30.0 Å². The summed E-state index contributed by atoms with van der Waals surface area (Å²) in [6, 6.07) is 10.5. The van der Waals surface area contributed by atoms with Crippen molar-refractivity contribution in [2.45, 2.75) is 19.3 Å². The summed E-state index contributed by atoms with van der Waals surface area (Å²) in [7, 11) is -1.13. The van der Waals surface area contributed by atoms with Gasteiger partial charge in [-0.15, -0.1) is 5.11 Å². The third-order valence-corrected chi connectivity index (χ3v) is 4.87. The van der Waals surface area contributed by atoms with E-state index in [-0.39, 0.29) is 21.9 Å². The quantitative estimate of drug-likeness (QED) is 0.425. The van der Waals surface area contributed by atoms with Gasteiger partial charge in [-0.1, -0.05) is 18.2 Å². The van der Waals surface area contributed by atoms with Crippen LogP contribution in [-0.4, -0.2) is 42.6 Å². The number of hydrogen-bond donors (Lipinski definition) is 1. The number of hydrogen-bond acceptors (Lipinski definition) is 8. The highest BCUT2D eigenvalue weighted by atomic mass is 32.2. The molecule has 0 spiro atoms. The minimum Gasteiger partial charge on any atom is -0.356 e.